The van der Waals surface area contributed by atoms with Gasteiger partial charge in [-0.25, -0.2) is 9.97 Å². The summed E-state index contributed by atoms with van der Waals surface area (Å²) in [5.74, 6) is 1.84. The molecule has 3 aromatic rings. The Kier molecular flexibility index (Phi) is 8.11. The Morgan fingerprint density at radius 3 is 2.55 bits per heavy atom. The lowest BCUT2D eigenvalue weighted by Gasteiger charge is -2.25. The molecule has 3 heterocycles. The van der Waals surface area contributed by atoms with Crippen molar-refractivity contribution in [2.45, 2.75) is 77.9 Å². The maximum atomic E-state index is 10.8. The lowest BCUT2D eigenvalue weighted by Crippen LogP contribution is -2.36. The standard InChI is InChI=1S/C30H39N5O5/c1-6-39-24-13-19-12-23(40-28(19)18(5)31-24)25-17(4)33-30(32-16(3)21-10-8-7-9-15(21)2)35-29(25)34-22-11-20(14-36)26(37)27(22)38/h7-10,13,16,20,22-23,26-27,36-38H,6,11-12,14H2,1-5H3,(H2,32,33,34,35)/t16-,20-,22-,23?,26-,27+/m1/s1. The summed E-state index contributed by atoms with van der Waals surface area (Å²) in [6.07, 6.45) is -1.47. The first-order valence-electron chi connectivity index (χ1n) is 13.9. The largest absolute Gasteiger partial charge is 0.483 e. The SMILES string of the molecule is CCOc1cc2c(c(C)n1)OC(c1c(C)nc(N[C@H](C)c3ccccc3C)nc1N[C@@H]1C[C@H](CO)[C@@H](O)[C@H]1O)C2. The molecule has 0 radical (unpaired) electrons. The summed E-state index contributed by atoms with van der Waals surface area (Å²) in [6, 6.07) is 9.54. The zero-order valence-corrected chi connectivity index (χ0v) is 23.7. The van der Waals surface area contributed by atoms with Gasteiger partial charge in [0.05, 0.1) is 41.7 Å². The number of nitrogens with one attached hydrogen (secondary N) is 2. The van der Waals surface area contributed by atoms with E-state index >= 15 is 0 Å². The van der Waals surface area contributed by atoms with Gasteiger partial charge in [0.1, 0.15) is 23.8 Å². The van der Waals surface area contributed by atoms with Crippen molar-refractivity contribution >= 4 is 11.8 Å². The molecule has 5 rings (SSSR count). The first kappa shape index (κ1) is 28.1. The second-order valence-corrected chi connectivity index (χ2v) is 10.8. The molecule has 1 aromatic carbocycles. The lowest BCUT2D eigenvalue weighted by molar-refractivity contribution is 0.00444. The average molecular weight is 550 g/mol. The van der Waals surface area contributed by atoms with E-state index in [1.54, 1.807) is 0 Å². The van der Waals surface area contributed by atoms with Gasteiger partial charge < -0.3 is 35.4 Å². The molecule has 1 aliphatic carbocycles. The molecule has 0 bridgehead atoms. The van der Waals surface area contributed by atoms with Crippen LogP contribution in [0.15, 0.2) is 30.3 Å². The topological polar surface area (TPSA) is 142 Å². The van der Waals surface area contributed by atoms with Gasteiger partial charge in [-0.2, -0.15) is 4.98 Å². The van der Waals surface area contributed by atoms with E-state index in [1.165, 1.54) is 5.56 Å². The molecule has 40 heavy (non-hydrogen) atoms. The maximum Gasteiger partial charge on any atom is 0.225 e. The molecule has 2 aromatic heterocycles. The fourth-order valence-corrected chi connectivity index (χ4v) is 5.88. The molecule has 6 atom stereocenters. The van der Waals surface area contributed by atoms with Gasteiger partial charge in [-0.1, -0.05) is 24.3 Å². The maximum absolute atomic E-state index is 10.8. The summed E-state index contributed by atoms with van der Waals surface area (Å²) < 4.78 is 12.1. The molecular weight excluding hydrogens is 510 g/mol. The molecule has 1 unspecified atom stereocenters. The highest BCUT2D eigenvalue weighted by Crippen LogP contribution is 2.43. The quantitative estimate of drug-likeness (QED) is 0.269. The van der Waals surface area contributed by atoms with Crippen LogP contribution in [0.5, 0.6) is 11.6 Å². The third kappa shape index (κ3) is 5.43. The monoisotopic (exact) mass is 549 g/mol. The van der Waals surface area contributed by atoms with Crippen LogP contribution >= 0.6 is 0 Å². The number of benzene rings is 1. The number of aliphatic hydroxyl groups is 3. The van der Waals surface area contributed by atoms with Crippen molar-refractivity contribution in [2.75, 3.05) is 23.8 Å². The lowest BCUT2D eigenvalue weighted by atomic mass is 10.0. The van der Waals surface area contributed by atoms with E-state index in [9.17, 15) is 15.3 Å². The molecule has 2 aliphatic rings. The van der Waals surface area contributed by atoms with E-state index in [0.717, 1.165) is 33.8 Å². The Balaban J connectivity index is 1.49. The second-order valence-electron chi connectivity index (χ2n) is 10.8. The minimum atomic E-state index is -1.05. The first-order valence-corrected chi connectivity index (χ1v) is 13.9. The fraction of sp³-hybridized carbons (Fsp3) is 0.500. The van der Waals surface area contributed by atoms with E-state index in [4.69, 9.17) is 19.4 Å². The molecular formula is C30H39N5O5. The van der Waals surface area contributed by atoms with Crippen molar-refractivity contribution in [3.8, 4) is 11.6 Å². The van der Waals surface area contributed by atoms with Gasteiger partial charge in [0.25, 0.3) is 0 Å². The summed E-state index contributed by atoms with van der Waals surface area (Å²) in [6.45, 7) is 10.2. The van der Waals surface area contributed by atoms with E-state index in [1.807, 2.05) is 39.0 Å². The number of ether oxygens (including phenoxy) is 2. The van der Waals surface area contributed by atoms with Gasteiger partial charge in [-0.15, -0.1) is 0 Å². The summed E-state index contributed by atoms with van der Waals surface area (Å²) in [7, 11) is 0. The third-order valence-corrected chi connectivity index (χ3v) is 7.97. The normalized spacial score (nSPS) is 24.4. The summed E-state index contributed by atoms with van der Waals surface area (Å²) in [4.78, 5) is 14.2. The van der Waals surface area contributed by atoms with Crippen molar-refractivity contribution in [3.63, 3.8) is 0 Å². The number of fused-ring (bicyclic) bond motifs is 1. The molecule has 1 aliphatic heterocycles. The Labute approximate surface area is 234 Å². The van der Waals surface area contributed by atoms with Crippen LogP contribution in [0.3, 0.4) is 0 Å². The summed E-state index contributed by atoms with van der Waals surface area (Å²) in [5, 5.41) is 37.7. The average Bonchev–Trinajstić information content (AvgIpc) is 3.45. The molecule has 1 fully saturated rings. The van der Waals surface area contributed by atoms with E-state index in [2.05, 4.69) is 41.6 Å². The van der Waals surface area contributed by atoms with Crippen LogP contribution in [0.25, 0.3) is 0 Å². The highest BCUT2D eigenvalue weighted by Gasteiger charge is 2.42. The zero-order chi connectivity index (χ0) is 28.6. The second kappa shape index (κ2) is 11.6. The van der Waals surface area contributed by atoms with Crippen LogP contribution in [0.2, 0.25) is 0 Å². The Hall–Kier alpha value is -3.47. The minimum Gasteiger partial charge on any atom is -0.483 e. The van der Waals surface area contributed by atoms with Gasteiger partial charge in [0, 0.05) is 30.6 Å². The molecule has 10 nitrogen and oxygen atoms in total. The number of nitrogens with zero attached hydrogens (tertiary/aromatic N) is 3. The van der Waals surface area contributed by atoms with Crippen LogP contribution in [-0.2, 0) is 6.42 Å². The molecule has 0 saturated heterocycles. The number of hydrogen-bond acceptors (Lipinski definition) is 10. The van der Waals surface area contributed by atoms with E-state index < -0.39 is 24.2 Å². The number of rotatable bonds is 9. The highest BCUT2D eigenvalue weighted by atomic mass is 16.5. The Morgan fingerprint density at radius 1 is 1.07 bits per heavy atom. The number of pyridine rings is 1. The number of anilines is 2. The predicted molar refractivity (Wildman–Crippen MR) is 152 cm³/mol. The van der Waals surface area contributed by atoms with Crippen LogP contribution in [0, 0.1) is 26.7 Å². The molecule has 0 amide bonds. The number of aryl methyl sites for hydroxylation is 3. The van der Waals surface area contributed by atoms with E-state index in [-0.39, 0.29) is 18.8 Å². The van der Waals surface area contributed by atoms with Crippen LogP contribution in [0.4, 0.5) is 11.8 Å². The molecule has 214 valence electrons. The summed E-state index contributed by atoms with van der Waals surface area (Å²) in [5.41, 5.74) is 5.57. The van der Waals surface area contributed by atoms with Crippen LogP contribution in [-0.4, -0.2) is 61.7 Å². The van der Waals surface area contributed by atoms with E-state index in [0.29, 0.717) is 37.1 Å². The molecule has 5 N–H and O–H groups in total. The highest BCUT2D eigenvalue weighted by molar-refractivity contribution is 5.56. The van der Waals surface area contributed by atoms with Gasteiger partial charge in [0.2, 0.25) is 11.8 Å². The molecule has 0 spiro atoms. The van der Waals surface area contributed by atoms with Gasteiger partial charge in [0.15, 0.2) is 0 Å². The molecule has 10 heteroatoms. The van der Waals surface area contributed by atoms with Crippen molar-refractivity contribution in [1.82, 2.24) is 15.0 Å². The number of aromatic nitrogens is 3. The van der Waals surface area contributed by atoms with Crippen molar-refractivity contribution < 1.29 is 24.8 Å². The van der Waals surface area contributed by atoms with Crippen molar-refractivity contribution in [3.05, 3.63) is 64.0 Å². The van der Waals surface area contributed by atoms with Crippen LogP contribution in [0.1, 0.15) is 66.1 Å². The Bertz CT molecular complexity index is 1370. The van der Waals surface area contributed by atoms with Gasteiger partial charge in [-0.05, 0) is 52.2 Å². The first-order chi connectivity index (χ1) is 19.2. The number of hydrogen-bond donors (Lipinski definition) is 5. The van der Waals surface area contributed by atoms with Crippen LogP contribution < -0.4 is 20.1 Å². The third-order valence-electron chi connectivity index (χ3n) is 7.97. The molecule has 1 saturated carbocycles. The zero-order valence-electron chi connectivity index (χ0n) is 23.7. The fourth-order valence-electron chi connectivity index (χ4n) is 5.88. The smallest absolute Gasteiger partial charge is 0.225 e. The predicted octanol–water partition coefficient (Wildman–Crippen LogP) is 3.56. The van der Waals surface area contributed by atoms with Gasteiger partial charge >= 0.3 is 0 Å². The van der Waals surface area contributed by atoms with Gasteiger partial charge in [-0.3, -0.25) is 0 Å². The minimum absolute atomic E-state index is 0.0466. The van der Waals surface area contributed by atoms with Crippen molar-refractivity contribution in [1.29, 1.82) is 0 Å². The van der Waals surface area contributed by atoms with Crippen molar-refractivity contribution in [2.24, 2.45) is 5.92 Å². The Morgan fingerprint density at radius 2 is 1.85 bits per heavy atom. The number of aliphatic hydroxyl groups excluding tert-OH is 3. The summed E-state index contributed by atoms with van der Waals surface area (Å²) >= 11 is 0.